The van der Waals surface area contributed by atoms with Gasteiger partial charge < -0.3 is 14.3 Å². The number of methoxy groups -OCH3 is 1. The highest BCUT2D eigenvalue weighted by Gasteiger charge is 2.23. The minimum atomic E-state index is -0.550. The number of hydrogen-bond acceptors (Lipinski definition) is 7. The van der Waals surface area contributed by atoms with Gasteiger partial charge in [-0.3, -0.25) is 10.1 Å². The van der Waals surface area contributed by atoms with E-state index in [2.05, 4.69) is 5.16 Å². The second kappa shape index (κ2) is 7.86. The van der Waals surface area contributed by atoms with Gasteiger partial charge in [-0.25, -0.2) is 4.79 Å². The number of carbonyl (C=O) groups is 1. The molecule has 2 aromatic rings. The van der Waals surface area contributed by atoms with E-state index >= 15 is 0 Å². The Hall–Kier alpha value is -3.42. The highest BCUT2D eigenvalue weighted by Crippen LogP contribution is 2.31. The monoisotopic (exact) mass is 370 g/mol. The molecule has 0 amide bonds. The first-order valence-electron chi connectivity index (χ1n) is 8.31. The van der Waals surface area contributed by atoms with Crippen LogP contribution in [-0.4, -0.2) is 29.8 Å². The summed E-state index contributed by atoms with van der Waals surface area (Å²) in [5.74, 6) is 0.737. The molecule has 3 rings (SSSR count). The highest BCUT2D eigenvalue weighted by atomic mass is 16.7. The fraction of sp³-hybridized carbons (Fsp3) is 0.263. The lowest BCUT2D eigenvalue weighted by atomic mass is 10.0. The van der Waals surface area contributed by atoms with Crippen molar-refractivity contribution in [3.05, 3.63) is 63.7 Å². The zero-order chi connectivity index (χ0) is 19.4. The molecule has 0 aromatic heterocycles. The van der Waals surface area contributed by atoms with E-state index in [0.717, 1.165) is 5.56 Å². The molecule has 0 bridgehead atoms. The van der Waals surface area contributed by atoms with E-state index in [-0.39, 0.29) is 18.2 Å². The van der Waals surface area contributed by atoms with Crippen molar-refractivity contribution < 1.29 is 24.0 Å². The van der Waals surface area contributed by atoms with E-state index in [0.29, 0.717) is 29.2 Å². The number of benzene rings is 2. The van der Waals surface area contributed by atoms with E-state index < -0.39 is 10.9 Å². The van der Waals surface area contributed by atoms with Crippen molar-refractivity contribution in [1.29, 1.82) is 0 Å². The van der Waals surface area contributed by atoms with Crippen molar-refractivity contribution in [2.45, 2.75) is 25.9 Å². The smallest absolute Gasteiger partial charge is 0.339 e. The van der Waals surface area contributed by atoms with E-state index in [1.807, 2.05) is 13.0 Å². The molecule has 0 spiro atoms. The molecular formula is C19H18N2O6. The molecule has 1 atom stereocenters. The summed E-state index contributed by atoms with van der Waals surface area (Å²) in [6.07, 6.45) is 0.359. The summed E-state index contributed by atoms with van der Waals surface area (Å²) in [5.41, 5.74) is 1.94. The van der Waals surface area contributed by atoms with Crippen molar-refractivity contribution in [2.75, 3.05) is 7.11 Å². The van der Waals surface area contributed by atoms with Gasteiger partial charge >= 0.3 is 5.97 Å². The quantitative estimate of drug-likeness (QED) is 0.455. The van der Waals surface area contributed by atoms with Gasteiger partial charge in [-0.15, -0.1) is 0 Å². The molecule has 0 N–H and O–H groups in total. The lowest BCUT2D eigenvalue weighted by Gasteiger charge is -2.24. The molecule has 0 saturated heterocycles. The maximum atomic E-state index is 12.1. The first kappa shape index (κ1) is 18.4. The number of oxime groups is 1. The maximum absolute atomic E-state index is 12.1. The molecule has 1 unspecified atom stereocenters. The lowest BCUT2D eigenvalue weighted by Crippen LogP contribution is -2.25. The standard InChI is InChI=1S/C19H18N2O6/c1-12-9-17(16-8-7-15(25-2)11-18(16)26-12)20-27-19(22)10-13-3-5-14(6-4-13)21(23)24/h3-8,11-12H,9-10H2,1-2H3/b20-17+. The molecule has 8 nitrogen and oxygen atoms in total. The van der Waals surface area contributed by atoms with Gasteiger partial charge in [0.05, 0.1) is 24.2 Å². The largest absolute Gasteiger partial charge is 0.497 e. The molecule has 140 valence electrons. The summed E-state index contributed by atoms with van der Waals surface area (Å²) < 4.78 is 11.0. The Morgan fingerprint density at radius 3 is 2.70 bits per heavy atom. The fourth-order valence-electron chi connectivity index (χ4n) is 2.73. The summed E-state index contributed by atoms with van der Waals surface area (Å²) in [4.78, 5) is 27.3. The summed E-state index contributed by atoms with van der Waals surface area (Å²) in [7, 11) is 1.57. The Labute approximate surface area is 155 Å². The lowest BCUT2D eigenvalue weighted by molar-refractivity contribution is -0.384. The summed E-state index contributed by atoms with van der Waals surface area (Å²) >= 11 is 0. The van der Waals surface area contributed by atoms with E-state index in [1.54, 1.807) is 19.2 Å². The number of non-ortho nitro benzene ring substituents is 1. The minimum Gasteiger partial charge on any atom is -0.497 e. The molecule has 8 heteroatoms. The average molecular weight is 370 g/mol. The zero-order valence-electron chi connectivity index (χ0n) is 14.9. The van der Waals surface area contributed by atoms with Gasteiger partial charge in [0.25, 0.3) is 5.69 Å². The Morgan fingerprint density at radius 1 is 1.30 bits per heavy atom. The van der Waals surface area contributed by atoms with Crippen LogP contribution in [-0.2, 0) is 16.1 Å². The van der Waals surface area contributed by atoms with Crippen LogP contribution in [0.5, 0.6) is 11.5 Å². The van der Waals surface area contributed by atoms with Crippen LogP contribution in [0.4, 0.5) is 5.69 Å². The van der Waals surface area contributed by atoms with E-state index in [9.17, 15) is 14.9 Å². The first-order chi connectivity index (χ1) is 13.0. The minimum absolute atomic E-state index is 0.0315. The number of hydrogen-bond donors (Lipinski definition) is 0. The number of nitro groups is 1. The van der Waals surface area contributed by atoms with Gasteiger partial charge in [0.2, 0.25) is 0 Å². The zero-order valence-corrected chi connectivity index (χ0v) is 14.9. The third kappa shape index (κ3) is 4.41. The van der Waals surface area contributed by atoms with Gasteiger partial charge in [0.15, 0.2) is 0 Å². The van der Waals surface area contributed by atoms with Gasteiger partial charge in [0.1, 0.15) is 17.6 Å². The molecule has 27 heavy (non-hydrogen) atoms. The van der Waals surface area contributed by atoms with Crippen LogP contribution in [0.15, 0.2) is 47.6 Å². The number of ether oxygens (including phenoxy) is 2. The molecule has 1 aliphatic rings. The predicted octanol–water partition coefficient (Wildman–Crippen LogP) is 3.26. The van der Waals surface area contributed by atoms with Crippen LogP contribution < -0.4 is 9.47 Å². The first-order valence-corrected chi connectivity index (χ1v) is 8.31. The van der Waals surface area contributed by atoms with Crippen molar-refractivity contribution in [3.8, 4) is 11.5 Å². The maximum Gasteiger partial charge on any atom is 0.339 e. The van der Waals surface area contributed by atoms with Crippen molar-refractivity contribution in [3.63, 3.8) is 0 Å². The van der Waals surface area contributed by atoms with Crippen molar-refractivity contribution in [1.82, 2.24) is 0 Å². The van der Waals surface area contributed by atoms with Crippen LogP contribution in [0.25, 0.3) is 0 Å². The van der Waals surface area contributed by atoms with E-state index in [4.69, 9.17) is 14.3 Å². The molecule has 0 radical (unpaired) electrons. The van der Waals surface area contributed by atoms with Crippen molar-refractivity contribution >= 4 is 17.4 Å². The van der Waals surface area contributed by atoms with Gasteiger partial charge in [-0.2, -0.15) is 0 Å². The van der Waals surface area contributed by atoms with Crippen LogP contribution in [0.2, 0.25) is 0 Å². The fourth-order valence-corrected chi connectivity index (χ4v) is 2.73. The second-order valence-electron chi connectivity index (χ2n) is 6.10. The second-order valence-corrected chi connectivity index (χ2v) is 6.10. The summed E-state index contributed by atoms with van der Waals surface area (Å²) in [5, 5.41) is 14.7. The third-order valence-electron chi connectivity index (χ3n) is 4.06. The van der Waals surface area contributed by atoms with E-state index in [1.165, 1.54) is 24.3 Å². The Bertz CT molecular complexity index is 892. The predicted molar refractivity (Wildman–Crippen MR) is 97.1 cm³/mol. The molecule has 1 aliphatic heterocycles. The molecule has 2 aromatic carbocycles. The highest BCUT2D eigenvalue weighted by molar-refractivity contribution is 6.04. The normalized spacial score (nSPS) is 17.0. The van der Waals surface area contributed by atoms with Crippen LogP contribution in [0.1, 0.15) is 24.5 Å². The summed E-state index contributed by atoms with van der Waals surface area (Å²) in [6, 6.07) is 11.1. The van der Waals surface area contributed by atoms with Gasteiger partial charge in [-0.05, 0) is 24.6 Å². The van der Waals surface area contributed by atoms with Crippen LogP contribution >= 0.6 is 0 Å². The van der Waals surface area contributed by atoms with Crippen molar-refractivity contribution in [2.24, 2.45) is 5.16 Å². The van der Waals surface area contributed by atoms with Crippen LogP contribution in [0.3, 0.4) is 0 Å². The van der Waals surface area contributed by atoms with Gasteiger partial charge in [0, 0.05) is 30.2 Å². The molecule has 0 aliphatic carbocycles. The Morgan fingerprint density at radius 2 is 2.04 bits per heavy atom. The summed E-state index contributed by atoms with van der Waals surface area (Å²) in [6.45, 7) is 1.90. The SMILES string of the molecule is COc1ccc2c(c1)OC(C)C/C2=N\OC(=O)Cc1ccc([N+](=O)[O-])cc1. The van der Waals surface area contributed by atoms with Gasteiger partial charge in [-0.1, -0.05) is 17.3 Å². The number of rotatable bonds is 5. The molecule has 0 saturated carbocycles. The Kier molecular flexibility index (Phi) is 5.35. The van der Waals surface area contributed by atoms with Crippen LogP contribution in [0, 0.1) is 10.1 Å². The third-order valence-corrected chi connectivity index (χ3v) is 4.06. The average Bonchev–Trinajstić information content (AvgIpc) is 2.65. The number of carbonyl (C=O) groups excluding carboxylic acids is 1. The number of fused-ring (bicyclic) bond motifs is 1. The molecular weight excluding hydrogens is 352 g/mol. The molecule has 0 fully saturated rings. The molecule has 1 heterocycles. The topological polar surface area (TPSA) is 100 Å². The number of nitrogens with zero attached hydrogens (tertiary/aromatic N) is 2. The number of nitro benzene ring substituents is 1. The Balaban J connectivity index is 1.70.